The Hall–Kier alpha value is -1.35. The summed E-state index contributed by atoms with van der Waals surface area (Å²) in [6.45, 7) is 9.99. The first kappa shape index (κ1) is 13.7. The van der Waals surface area contributed by atoms with Crippen molar-refractivity contribution in [2.75, 3.05) is 0 Å². The van der Waals surface area contributed by atoms with Gasteiger partial charge in [0.05, 0.1) is 0 Å². The smallest absolute Gasteiger partial charge is 0.337 e. The van der Waals surface area contributed by atoms with Crippen LogP contribution < -0.4 is 0 Å². The summed E-state index contributed by atoms with van der Waals surface area (Å²) in [6, 6.07) is 3.91. The molecule has 1 rings (SSSR count). The van der Waals surface area contributed by atoms with E-state index < -0.39 is 12.1 Å². The number of aliphatic hydroxyl groups is 1. The second-order valence-corrected chi connectivity index (χ2v) is 5.51. The molecule has 17 heavy (non-hydrogen) atoms. The molecule has 0 aliphatic carbocycles. The van der Waals surface area contributed by atoms with Crippen LogP contribution in [0.4, 0.5) is 0 Å². The van der Waals surface area contributed by atoms with Crippen molar-refractivity contribution in [3.63, 3.8) is 0 Å². The summed E-state index contributed by atoms with van der Waals surface area (Å²) in [4.78, 5) is 10.8. The van der Waals surface area contributed by atoms with E-state index in [1.165, 1.54) is 0 Å². The van der Waals surface area contributed by atoms with Gasteiger partial charge in [0.2, 0.25) is 0 Å². The van der Waals surface area contributed by atoms with Gasteiger partial charge in [0.1, 0.15) is 0 Å². The first-order valence-electron chi connectivity index (χ1n) is 5.67. The molecule has 94 valence electrons. The van der Waals surface area contributed by atoms with Crippen molar-refractivity contribution in [1.29, 1.82) is 0 Å². The van der Waals surface area contributed by atoms with Gasteiger partial charge in [-0.05, 0) is 41.5 Å². The maximum atomic E-state index is 10.8. The number of rotatable bonds is 2. The molecule has 0 bridgehead atoms. The predicted molar refractivity (Wildman–Crippen MR) is 67.2 cm³/mol. The predicted octanol–water partition coefficient (Wildman–Crippen LogP) is 2.72. The number of carboxylic acids is 1. The zero-order valence-corrected chi connectivity index (χ0v) is 11.0. The fourth-order valence-corrected chi connectivity index (χ4v) is 1.96. The Kier molecular flexibility index (Phi) is 3.62. The number of hydrogen-bond donors (Lipinski definition) is 2. The van der Waals surface area contributed by atoms with Gasteiger partial charge in [-0.3, -0.25) is 0 Å². The minimum Gasteiger partial charge on any atom is -0.479 e. The average molecular weight is 236 g/mol. The number of aryl methyl sites for hydroxylation is 2. The quantitative estimate of drug-likeness (QED) is 0.830. The normalized spacial score (nSPS) is 13.5. The molecule has 0 heterocycles. The fourth-order valence-electron chi connectivity index (χ4n) is 1.96. The average Bonchev–Trinajstić information content (AvgIpc) is 2.14. The van der Waals surface area contributed by atoms with Gasteiger partial charge >= 0.3 is 5.97 Å². The van der Waals surface area contributed by atoms with Gasteiger partial charge < -0.3 is 10.2 Å². The zero-order chi connectivity index (χ0) is 13.4. The third kappa shape index (κ3) is 2.86. The lowest BCUT2D eigenvalue weighted by Crippen LogP contribution is -2.16. The van der Waals surface area contributed by atoms with Gasteiger partial charge in [0.15, 0.2) is 6.10 Å². The molecule has 0 aromatic heterocycles. The van der Waals surface area contributed by atoms with Crippen molar-refractivity contribution in [2.24, 2.45) is 0 Å². The summed E-state index contributed by atoms with van der Waals surface area (Å²) >= 11 is 0. The van der Waals surface area contributed by atoms with E-state index in [9.17, 15) is 9.90 Å². The maximum Gasteiger partial charge on any atom is 0.337 e. The van der Waals surface area contributed by atoms with E-state index in [4.69, 9.17) is 5.11 Å². The van der Waals surface area contributed by atoms with Crippen LogP contribution in [-0.4, -0.2) is 16.2 Å². The van der Waals surface area contributed by atoms with Gasteiger partial charge in [-0.15, -0.1) is 0 Å². The van der Waals surface area contributed by atoms with E-state index in [2.05, 4.69) is 20.8 Å². The molecule has 0 aliphatic heterocycles. The molecule has 0 aliphatic rings. The first-order valence-corrected chi connectivity index (χ1v) is 5.67. The van der Waals surface area contributed by atoms with E-state index in [1.54, 1.807) is 0 Å². The van der Waals surface area contributed by atoms with Crippen LogP contribution in [0.5, 0.6) is 0 Å². The lowest BCUT2D eigenvalue weighted by Gasteiger charge is -2.23. The first-order chi connectivity index (χ1) is 7.64. The topological polar surface area (TPSA) is 57.5 Å². The monoisotopic (exact) mass is 236 g/mol. The Labute approximate surface area is 102 Å². The van der Waals surface area contributed by atoms with E-state index >= 15 is 0 Å². The molecule has 1 unspecified atom stereocenters. The third-order valence-electron chi connectivity index (χ3n) is 2.97. The van der Waals surface area contributed by atoms with Gasteiger partial charge in [0, 0.05) is 0 Å². The Morgan fingerprint density at radius 1 is 1.18 bits per heavy atom. The van der Waals surface area contributed by atoms with Crippen LogP contribution >= 0.6 is 0 Å². The second kappa shape index (κ2) is 4.49. The summed E-state index contributed by atoms with van der Waals surface area (Å²) < 4.78 is 0. The summed E-state index contributed by atoms with van der Waals surface area (Å²) in [6.07, 6.45) is -1.44. The Bertz CT molecular complexity index is 418. The van der Waals surface area contributed by atoms with Crippen LogP contribution in [0, 0.1) is 13.8 Å². The van der Waals surface area contributed by atoms with Gasteiger partial charge in [-0.2, -0.15) is 0 Å². The minimum absolute atomic E-state index is 0.0161. The number of carboxylic acid groups (broad SMARTS) is 1. The van der Waals surface area contributed by atoms with Gasteiger partial charge in [-0.1, -0.05) is 32.9 Å². The number of hydrogen-bond acceptors (Lipinski definition) is 2. The van der Waals surface area contributed by atoms with Crippen molar-refractivity contribution in [1.82, 2.24) is 0 Å². The SMILES string of the molecule is Cc1cc(C(C)(C)C)cc(C)c1C(O)C(=O)O. The van der Waals surface area contributed by atoms with Crippen LogP contribution in [0.2, 0.25) is 0 Å². The van der Waals surface area contributed by atoms with Crippen LogP contribution in [0.25, 0.3) is 0 Å². The van der Waals surface area contributed by atoms with Crippen molar-refractivity contribution in [2.45, 2.75) is 46.1 Å². The molecular weight excluding hydrogens is 216 g/mol. The minimum atomic E-state index is -1.44. The molecule has 0 radical (unpaired) electrons. The number of aliphatic carboxylic acids is 1. The maximum absolute atomic E-state index is 10.8. The summed E-state index contributed by atoms with van der Waals surface area (Å²) in [5.74, 6) is -1.21. The van der Waals surface area contributed by atoms with E-state index in [1.807, 2.05) is 26.0 Å². The Balaban J connectivity index is 3.34. The number of benzene rings is 1. The Morgan fingerprint density at radius 2 is 1.59 bits per heavy atom. The summed E-state index contributed by atoms with van der Waals surface area (Å²) in [7, 11) is 0. The Morgan fingerprint density at radius 3 is 1.88 bits per heavy atom. The molecule has 0 spiro atoms. The van der Waals surface area contributed by atoms with E-state index in [0.717, 1.165) is 16.7 Å². The molecule has 1 aromatic rings. The van der Waals surface area contributed by atoms with Crippen molar-refractivity contribution < 1.29 is 15.0 Å². The number of carbonyl (C=O) groups is 1. The largest absolute Gasteiger partial charge is 0.479 e. The molecule has 2 N–H and O–H groups in total. The molecule has 1 atom stereocenters. The van der Waals surface area contributed by atoms with Crippen LogP contribution in [0.15, 0.2) is 12.1 Å². The number of aliphatic hydroxyl groups excluding tert-OH is 1. The van der Waals surface area contributed by atoms with Crippen molar-refractivity contribution in [3.05, 3.63) is 34.4 Å². The standard InChI is InChI=1S/C14H20O3/c1-8-6-10(14(3,4)5)7-9(2)11(8)12(15)13(16)17/h6-7,12,15H,1-5H3,(H,16,17). The molecule has 1 aromatic carbocycles. The molecule has 3 nitrogen and oxygen atoms in total. The molecular formula is C14H20O3. The van der Waals surface area contributed by atoms with Gasteiger partial charge in [0.25, 0.3) is 0 Å². The van der Waals surface area contributed by atoms with Crippen LogP contribution in [0.1, 0.15) is 49.1 Å². The highest BCUT2D eigenvalue weighted by atomic mass is 16.4. The van der Waals surface area contributed by atoms with Crippen LogP contribution in [-0.2, 0) is 10.2 Å². The lowest BCUT2D eigenvalue weighted by molar-refractivity contribution is -0.147. The van der Waals surface area contributed by atoms with Crippen molar-refractivity contribution >= 4 is 5.97 Å². The second-order valence-electron chi connectivity index (χ2n) is 5.51. The summed E-state index contributed by atoms with van der Waals surface area (Å²) in [5, 5.41) is 18.5. The molecule has 0 saturated carbocycles. The van der Waals surface area contributed by atoms with Gasteiger partial charge in [-0.25, -0.2) is 4.79 Å². The van der Waals surface area contributed by atoms with E-state index in [-0.39, 0.29) is 5.41 Å². The molecule has 0 fully saturated rings. The van der Waals surface area contributed by atoms with Crippen LogP contribution in [0.3, 0.4) is 0 Å². The molecule has 0 saturated heterocycles. The molecule has 3 heteroatoms. The lowest BCUT2D eigenvalue weighted by atomic mass is 9.83. The fraction of sp³-hybridized carbons (Fsp3) is 0.500. The highest BCUT2D eigenvalue weighted by molar-refractivity contribution is 5.75. The zero-order valence-electron chi connectivity index (χ0n) is 11.0. The molecule has 0 amide bonds. The highest BCUT2D eigenvalue weighted by Crippen LogP contribution is 2.29. The summed E-state index contributed by atoms with van der Waals surface area (Å²) in [5.41, 5.74) is 3.32. The van der Waals surface area contributed by atoms with E-state index in [0.29, 0.717) is 5.56 Å². The third-order valence-corrected chi connectivity index (χ3v) is 2.97. The highest BCUT2D eigenvalue weighted by Gasteiger charge is 2.23. The van der Waals surface area contributed by atoms with Crippen molar-refractivity contribution in [3.8, 4) is 0 Å².